The quantitative estimate of drug-likeness (QED) is 0.644. The summed E-state index contributed by atoms with van der Waals surface area (Å²) in [6.45, 7) is -0.348. The molecule has 0 amide bonds. The van der Waals surface area contributed by atoms with Gasteiger partial charge in [0, 0.05) is 5.56 Å². The van der Waals surface area contributed by atoms with Gasteiger partial charge in [-0.05, 0) is 18.2 Å². The van der Waals surface area contributed by atoms with E-state index in [0.29, 0.717) is 6.07 Å². The molecule has 0 bridgehead atoms. The lowest BCUT2D eigenvalue weighted by Crippen LogP contribution is -2.18. The van der Waals surface area contributed by atoms with E-state index in [2.05, 4.69) is 4.74 Å². The summed E-state index contributed by atoms with van der Waals surface area (Å²) in [5, 5.41) is 0. The standard InChI is InChI=1S/C9H7F4NO2/c10-6-3-5(7(15)4-14)1-2-8(6)16-9(11,12)13/h1-3H,4,14H2. The molecule has 1 aromatic rings. The van der Waals surface area contributed by atoms with E-state index in [0.717, 1.165) is 12.1 Å². The average Bonchev–Trinajstić information content (AvgIpc) is 2.18. The largest absolute Gasteiger partial charge is 0.573 e. The molecule has 16 heavy (non-hydrogen) atoms. The molecule has 0 heterocycles. The van der Waals surface area contributed by atoms with Gasteiger partial charge in [0.15, 0.2) is 17.3 Å². The lowest BCUT2D eigenvalue weighted by Gasteiger charge is -2.09. The lowest BCUT2D eigenvalue weighted by molar-refractivity contribution is -0.275. The van der Waals surface area contributed by atoms with E-state index in [9.17, 15) is 22.4 Å². The topological polar surface area (TPSA) is 52.3 Å². The van der Waals surface area contributed by atoms with Gasteiger partial charge in [-0.3, -0.25) is 4.79 Å². The zero-order valence-corrected chi connectivity index (χ0v) is 7.84. The molecule has 1 aromatic carbocycles. The zero-order valence-electron chi connectivity index (χ0n) is 7.84. The normalized spacial score (nSPS) is 11.3. The van der Waals surface area contributed by atoms with Crippen LogP contribution in [0.2, 0.25) is 0 Å². The number of benzene rings is 1. The Bertz CT molecular complexity index is 403. The predicted octanol–water partition coefficient (Wildman–Crippen LogP) is 1.87. The van der Waals surface area contributed by atoms with Crippen LogP contribution in [0.4, 0.5) is 17.6 Å². The van der Waals surface area contributed by atoms with Gasteiger partial charge in [-0.25, -0.2) is 4.39 Å². The number of hydrogen-bond acceptors (Lipinski definition) is 3. The molecule has 0 aromatic heterocycles. The van der Waals surface area contributed by atoms with Gasteiger partial charge in [0.1, 0.15) is 0 Å². The van der Waals surface area contributed by atoms with Gasteiger partial charge < -0.3 is 10.5 Å². The maximum atomic E-state index is 13.1. The molecule has 0 unspecified atom stereocenters. The molecule has 7 heteroatoms. The summed E-state index contributed by atoms with van der Waals surface area (Å²) < 4.78 is 51.8. The van der Waals surface area contributed by atoms with Gasteiger partial charge in [0.2, 0.25) is 0 Å². The van der Waals surface area contributed by atoms with Gasteiger partial charge >= 0.3 is 6.36 Å². The highest BCUT2D eigenvalue weighted by Crippen LogP contribution is 2.26. The van der Waals surface area contributed by atoms with Crippen LogP contribution in [0.1, 0.15) is 10.4 Å². The van der Waals surface area contributed by atoms with Crippen LogP contribution < -0.4 is 10.5 Å². The van der Waals surface area contributed by atoms with Gasteiger partial charge in [0.25, 0.3) is 0 Å². The Balaban J connectivity index is 2.96. The van der Waals surface area contributed by atoms with Crippen molar-refractivity contribution < 1.29 is 27.1 Å². The van der Waals surface area contributed by atoms with Crippen molar-refractivity contribution in [2.45, 2.75) is 6.36 Å². The highest BCUT2D eigenvalue weighted by atomic mass is 19.4. The summed E-state index contributed by atoms with van der Waals surface area (Å²) in [4.78, 5) is 11.0. The molecule has 0 aliphatic rings. The summed E-state index contributed by atoms with van der Waals surface area (Å²) in [5.74, 6) is -2.82. The van der Waals surface area contributed by atoms with Crippen molar-refractivity contribution >= 4 is 5.78 Å². The van der Waals surface area contributed by atoms with E-state index < -0.39 is 23.7 Å². The molecule has 0 aliphatic carbocycles. The van der Waals surface area contributed by atoms with E-state index in [-0.39, 0.29) is 12.1 Å². The third kappa shape index (κ3) is 3.20. The second-order valence-corrected chi connectivity index (χ2v) is 2.82. The maximum absolute atomic E-state index is 13.1. The highest BCUT2D eigenvalue weighted by molar-refractivity contribution is 5.97. The fourth-order valence-electron chi connectivity index (χ4n) is 1.000. The first-order valence-corrected chi connectivity index (χ1v) is 4.12. The summed E-state index contributed by atoms with van der Waals surface area (Å²) >= 11 is 0. The second kappa shape index (κ2) is 4.48. The van der Waals surface area contributed by atoms with Crippen LogP contribution >= 0.6 is 0 Å². The molecule has 88 valence electrons. The molecule has 2 N–H and O–H groups in total. The number of halogens is 4. The first-order chi connectivity index (χ1) is 7.33. The Morgan fingerprint density at radius 2 is 2.00 bits per heavy atom. The number of nitrogens with two attached hydrogens (primary N) is 1. The fraction of sp³-hybridized carbons (Fsp3) is 0.222. The van der Waals surface area contributed by atoms with E-state index >= 15 is 0 Å². The molecule has 0 saturated carbocycles. The molecular formula is C9H7F4NO2. The summed E-state index contributed by atoms with van der Waals surface area (Å²) in [7, 11) is 0. The summed E-state index contributed by atoms with van der Waals surface area (Å²) in [6, 6.07) is 2.39. The molecule has 0 atom stereocenters. The Morgan fingerprint density at radius 1 is 1.38 bits per heavy atom. The van der Waals surface area contributed by atoms with E-state index in [4.69, 9.17) is 5.73 Å². The minimum Gasteiger partial charge on any atom is -0.403 e. The number of ketones is 1. The number of ether oxygens (including phenoxy) is 1. The molecule has 0 fully saturated rings. The Labute approximate surface area is 87.8 Å². The zero-order chi connectivity index (χ0) is 12.3. The minimum absolute atomic E-state index is 0.102. The monoisotopic (exact) mass is 237 g/mol. The molecular weight excluding hydrogens is 230 g/mol. The Hall–Kier alpha value is -1.63. The third-order valence-electron chi connectivity index (χ3n) is 1.66. The Morgan fingerprint density at radius 3 is 2.44 bits per heavy atom. The van der Waals surface area contributed by atoms with Crippen molar-refractivity contribution in [1.82, 2.24) is 0 Å². The van der Waals surface area contributed by atoms with Crippen LogP contribution in [-0.4, -0.2) is 18.7 Å². The number of carbonyl (C=O) groups excluding carboxylic acids is 1. The molecule has 0 aliphatic heterocycles. The van der Waals surface area contributed by atoms with Crippen molar-refractivity contribution in [1.29, 1.82) is 0 Å². The van der Waals surface area contributed by atoms with E-state index in [1.54, 1.807) is 0 Å². The van der Waals surface area contributed by atoms with Crippen LogP contribution in [0.3, 0.4) is 0 Å². The first kappa shape index (κ1) is 12.4. The lowest BCUT2D eigenvalue weighted by atomic mass is 10.1. The van der Waals surface area contributed by atoms with Crippen LogP contribution in [0.15, 0.2) is 18.2 Å². The fourth-order valence-corrected chi connectivity index (χ4v) is 1.000. The highest BCUT2D eigenvalue weighted by Gasteiger charge is 2.32. The van der Waals surface area contributed by atoms with Gasteiger partial charge in [-0.1, -0.05) is 0 Å². The second-order valence-electron chi connectivity index (χ2n) is 2.82. The van der Waals surface area contributed by atoms with Gasteiger partial charge in [-0.2, -0.15) is 0 Å². The first-order valence-electron chi connectivity index (χ1n) is 4.12. The van der Waals surface area contributed by atoms with E-state index in [1.807, 2.05) is 0 Å². The number of hydrogen-bond donors (Lipinski definition) is 1. The van der Waals surface area contributed by atoms with Crippen LogP contribution in [0.25, 0.3) is 0 Å². The number of carbonyl (C=O) groups is 1. The third-order valence-corrected chi connectivity index (χ3v) is 1.66. The summed E-state index contributed by atoms with van der Waals surface area (Å²) in [5.41, 5.74) is 4.91. The van der Waals surface area contributed by atoms with Crippen molar-refractivity contribution in [3.63, 3.8) is 0 Å². The van der Waals surface area contributed by atoms with Crippen LogP contribution in [0.5, 0.6) is 5.75 Å². The summed E-state index contributed by atoms with van der Waals surface area (Å²) in [6.07, 6.45) is -4.97. The van der Waals surface area contributed by atoms with Crippen molar-refractivity contribution in [2.75, 3.05) is 6.54 Å². The molecule has 1 rings (SSSR count). The molecule has 0 saturated heterocycles. The van der Waals surface area contributed by atoms with Crippen molar-refractivity contribution in [3.05, 3.63) is 29.6 Å². The molecule has 3 nitrogen and oxygen atoms in total. The molecule has 0 spiro atoms. The van der Waals surface area contributed by atoms with Gasteiger partial charge in [-0.15, -0.1) is 13.2 Å². The van der Waals surface area contributed by atoms with Crippen LogP contribution in [0, 0.1) is 5.82 Å². The van der Waals surface area contributed by atoms with Crippen molar-refractivity contribution in [2.24, 2.45) is 5.73 Å². The SMILES string of the molecule is NCC(=O)c1ccc(OC(F)(F)F)c(F)c1. The molecule has 0 radical (unpaired) electrons. The Kier molecular flexibility index (Phi) is 3.48. The van der Waals surface area contributed by atoms with Crippen LogP contribution in [-0.2, 0) is 0 Å². The van der Waals surface area contributed by atoms with Gasteiger partial charge in [0.05, 0.1) is 6.54 Å². The minimum atomic E-state index is -4.97. The average molecular weight is 237 g/mol. The van der Waals surface area contributed by atoms with E-state index in [1.165, 1.54) is 0 Å². The number of alkyl halides is 3. The number of rotatable bonds is 3. The number of Topliss-reactive ketones (excluding diaryl/α,β-unsaturated/α-hetero) is 1. The smallest absolute Gasteiger partial charge is 0.403 e. The maximum Gasteiger partial charge on any atom is 0.573 e. The van der Waals surface area contributed by atoms with Crippen molar-refractivity contribution in [3.8, 4) is 5.75 Å². The predicted molar refractivity (Wildman–Crippen MR) is 46.5 cm³/mol.